The molecule has 0 saturated heterocycles. The van der Waals surface area contributed by atoms with Crippen LogP contribution >= 0.6 is 0 Å². The number of para-hydroxylation sites is 1. The third kappa shape index (κ3) is 7.07. The third-order valence-electron chi connectivity index (χ3n) is 6.14. The quantitative estimate of drug-likeness (QED) is 0.220. The van der Waals surface area contributed by atoms with Crippen molar-refractivity contribution >= 4 is 11.7 Å². The van der Waals surface area contributed by atoms with Crippen LogP contribution in [0, 0.1) is 0 Å². The second-order valence-corrected chi connectivity index (χ2v) is 8.73. The van der Waals surface area contributed by atoms with Crippen LogP contribution in [-0.4, -0.2) is 12.6 Å². The minimum absolute atomic E-state index is 0.259. The number of ether oxygens (including phenoxy) is 1. The highest BCUT2D eigenvalue weighted by Crippen LogP contribution is 2.26. The van der Waals surface area contributed by atoms with Crippen molar-refractivity contribution in [3.63, 3.8) is 0 Å². The molecule has 4 rings (SSSR count). The summed E-state index contributed by atoms with van der Waals surface area (Å²) in [5.74, 6) is -0.259. The Kier molecular flexibility index (Phi) is 8.72. The van der Waals surface area contributed by atoms with Gasteiger partial charge in [-0.15, -0.1) is 0 Å². The fourth-order valence-corrected chi connectivity index (χ4v) is 4.37. The van der Waals surface area contributed by atoms with Gasteiger partial charge in [0.1, 0.15) is 0 Å². The van der Waals surface area contributed by atoms with Crippen molar-refractivity contribution in [2.45, 2.75) is 39.3 Å². The number of hydrogen-bond donors (Lipinski definition) is 0. The minimum Gasteiger partial charge on any atom is -0.462 e. The number of carbonyl (C=O) groups excluding carboxylic acids is 1. The summed E-state index contributed by atoms with van der Waals surface area (Å²) in [6, 6.07) is 37.9. The molecule has 0 bridgehead atoms. The normalized spacial score (nSPS) is 10.7. The summed E-state index contributed by atoms with van der Waals surface area (Å²) >= 11 is 0. The number of esters is 1. The molecule has 3 heteroatoms. The lowest BCUT2D eigenvalue weighted by atomic mass is 10.0. The first-order valence-electron chi connectivity index (χ1n) is 12.4. The van der Waals surface area contributed by atoms with Crippen molar-refractivity contribution in [2.75, 3.05) is 11.5 Å². The fraction of sp³-hybridized carbons (Fsp3) is 0.219. The molecule has 3 nitrogen and oxygen atoms in total. The van der Waals surface area contributed by atoms with Crippen molar-refractivity contribution in [2.24, 2.45) is 0 Å². The van der Waals surface area contributed by atoms with E-state index < -0.39 is 0 Å². The van der Waals surface area contributed by atoms with Gasteiger partial charge in [-0.2, -0.15) is 0 Å². The van der Waals surface area contributed by atoms with Gasteiger partial charge in [0.2, 0.25) is 0 Å². The van der Waals surface area contributed by atoms with E-state index in [-0.39, 0.29) is 5.97 Å². The molecule has 0 aromatic heterocycles. The molecule has 0 aliphatic carbocycles. The summed E-state index contributed by atoms with van der Waals surface area (Å²) in [6.07, 6.45) is 3.00. The van der Waals surface area contributed by atoms with Gasteiger partial charge in [0, 0.05) is 18.8 Å². The van der Waals surface area contributed by atoms with Crippen LogP contribution in [0.1, 0.15) is 46.0 Å². The maximum Gasteiger partial charge on any atom is 0.338 e. The molecule has 178 valence electrons. The molecule has 0 saturated carbocycles. The van der Waals surface area contributed by atoms with E-state index in [0.717, 1.165) is 32.4 Å². The molecule has 0 amide bonds. The molecule has 35 heavy (non-hydrogen) atoms. The Morgan fingerprint density at radius 2 is 1.23 bits per heavy atom. The van der Waals surface area contributed by atoms with Crippen molar-refractivity contribution in [3.05, 3.63) is 137 Å². The topological polar surface area (TPSA) is 29.5 Å². The summed E-state index contributed by atoms with van der Waals surface area (Å²) < 4.78 is 5.08. The van der Waals surface area contributed by atoms with Crippen LogP contribution in [0.15, 0.2) is 109 Å². The van der Waals surface area contributed by atoms with Crippen LogP contribution in [0.4, 0.5) is 5.69 Å². The molecule has 0 N–H and O–H groups in total. The van der Waals surface area contributed by atoms with Crippen LogP contribution in [-0.2, 0) is 30.7 Å². The van der Waals surface area contributed by atoms with Crippen molar-refractivity contribution in [3.8, 4) is 0 Å². The van der Waals surface area contributed by atoms with E-state index in [1.54, 1.807) is 0 Å². The second kappa shape index (κ2) is 12.6. The Morgan fingerprint density at radius 3 is 1.83 bits per heavy atom. The van der Waals surface area contributed by atoms with Crippen molar-refractivity contribution in [1.82, 2.24) is 0 Å². The molecule has 0 fully saturated rings. The standard InChI is InChI=1S/C32H33NO2/c1-2-35-32(34)30-22-20-26(21-23-30)16-11-18-29-17-9-10-19-31(29)33(24-27-12-5-3-6-13-27)25-28-14-7-4-8-15-28/h3-10,12-15,17,19-23H,2,11,16,18,24-25H2,1H3. The SMILES string of the molecule is CCOC(=O)c1ccc(CCCc2ccccc2N(Cc2ccccc2)Cc2ccccc2)cc1. The number of nitrogens with zero attached hydrogens (tertiary/aromatic N) is 1. The number of aryl methyl sites for hydroxylation is 2. The van der Waals surface area contributed by atoms with E-state index in [9.17, 15) is 4.79 Å². The van der Waals surface area contributed by atoms with Gasteiger partial charge in [0.25, 0.3) is 0 Å². The van der Waals surface area contributed by atoms with Crippen molar-refractivity contribution in [1.29, 1.82) is 0 Å². The molecule has 4 aromatic rings. The van der Waals surface area contributed by atoms with Gasteiger partial charge in [0.05, 0.1) is 12.2 Å². The van der Waals surface area contributed by atoms with Crippen LogP contribution < -0.4 is 4.90 Å². The van der Waals surface area contributed by atoms with Gasteiger partial charge in [-0.1, -0.05) is 91.0 Å². The van der Waals surface area contributed by atoms with Gasteiger partial charge in [-0.3, -0.25) is 0 Å². The first-order valence-corrected chi connectivity index (χ1v) is 12.4. The summed E-state index contributed by atoms with van der Waals surface area (Å²) in [4.78, 5) is 14.4. The highest BCUT2D eigenvalue weighted by Gasteiger charge is 2.13. The smallest absolute Gasteiger partial charge is 0.338 e. The van der Waals surface area contributed by atoms with Crippen molar-refractivity contribution < 1.29 is 9.53 Å². The first kappa shape index (κ1) is 24.3. The monoisotopic (exact) mass is 463 g/mol. The van der Waals surface area contributed by atoms with Gasteiger partial charge < -0.3 is 9.64 Å². The first-order chi connectivity index (χ1) is 17.2. The zero-order chi connectivity index (χ0) is 24.3. The Bertz CT molecular complexity index is 1150. The number of hydrogen-bond acceptors (Lipinski definition) is 3. The van der Waals surface area contributed by atoms with Gasteiger partial charge in [-0.25, -0.2) is 4.79 Å². The Labute approximate surface area is 209 Å². The molecule has 0 radical (unpaired) electrons. The molecule has 0 atom stereocenters. The molecule has 0 unspecified atom stereocenters. The predicted octanol–water partition coefficient (Wildman–Crippen LogP) is 7.25. The van der Waals surface area contributed by atoms with E-state index in [4.69, 9.17) is 4.74 Å². The predicted molar refractivity (Wildman–Crippen MR) is 144 cm³/mol. The lowest BCUT2D eigenvalue weighted by molar-refractivity contribution is 0.0526. The molecular weight excluding hydrogens is 430 g/mol. The Morgan fingerprint density at radius 1 is 0.657 bits per heavy atom. The van der Waals surface area contributed by atoms with Gasteiger partial charge >= 0.3 is 5.97 Å². The second-order valence-electron chi connectivity index (χ2n) is 8.73. The van der Waals surface area contributed by atoms with E-state index in [2.05, 4.69) is 89.8 Å². The minimum atomic E-state index is -0.259. The number of rotatable bonds is 11. The largest absolute Gasteiger partial charge is 0.462 e. The van der Waals surface area contributed by atoms with E-state index in [1.165, 1.54) is 27.9 Å². The fourth-order valence-electron chi connectivity index (χ4n) is 4.37. The Hall–Kier alpha value is -3.85. The highest BCUT2D eigenvalue weighted by atomic mass is 16.5. The molecular formula is C32H33NO2. The van der Waals surface area contributed by atoms with E-state index in [1.807, 2.05) is 31.2 Å². The van der Waals surface area contributed by atoms with E-state index in [0.29, 0.717) is 12.2 Å². The van der Waals surface area contributed by atoms with Crippen LogP contribution in [0.25, 0.3) is 0 Å². The zero-order valence-electron chi connectivity index (χ0n) is 20.4. The number of carbonyl (C=O) groups is 1. The average molecular weight is 464 g/mol. The maximum absolute atomic E-state index is 11.9. The summed E-state index contributed by atoms with van der Waals surface area (Å²) in [5, 5.41) is 0. The lowest BCUT2D eigenvalue weighted by Gasteiger charge is -2.28. The average Bonchev–Trinajstić information content (AvgIpc) is 2.90. The lowest BCUT2D eigenvalue weighted by Crippen LogP contribution is -2.23. The van der Waals surface area contributed by atoms with Gasteiger partial charge in [0.15, 0.2) is 0 Å². The molecule has 0 spiro atoms. The highest BCUT2D eigenvalue weighted by molar-refractivity contribution is 5.89. The van der Waals surface area contributed by atoms with Crippen LogP contribution in [0.2, 0.25) is 0 Å². The van der Waals surface area contributed by atoms with Crippen LogP contribution in [0.3, 0.4) is 0 Å². The maximum atomic E-state index is 11.9. The molecule has 0 heterocycles. The molecule has 4 aromatic carbocycles. The summed E-state index contributed by atoms with van der Waals surface area (Å²) in [6.45, 7) is 3.95. The third-order valence-corrected chi connectivity index (χ3v) is 6.14. The molecule has 0 aliphatic heterocycles. The number of benzene rings is 4. The van der Waals surface area contributed by atoms with E-state index >= 15 is 0 Å². The van der Waals surface area contributed by atoms with Crippen LogP contribution in [0.5, 0.6) is 0 Å². The number of anilines is 1. The zero-order valence-corrected chi connectivity index (χ0v) is 20.4. The summed E-state index contributed by atoms with van der Waals surface area (Å²) in [5.41, 5.74) is 7.11. The van der Waals surface area contributed by atoms with Gasteiger partial charge in [-0.05, 0) is 66.6 Å². The summed E-state index contributed by atoms with van der Waals surface area (Å²) in [7, 11) is 0. The molecule has 0 aliphatic rings. The Balaban J connectivity index is 1.46.